The van der Waals surface area contributed by atoms with E-state index in [4.69, 9.17) is 9.47 Å². The summed E-state index contributed by atoms with van der Waals surface area (Å²) in [5.41, 5.74) is 0.942. The fraction of sp³-hybridized carbons (Fsp3) is 0.312. The van der Waals surface area contributed by atoms with E-state index in [0.717, 1.165) is 15.4 Å². The number of rotatable bonds is 4. The quantitative estimate of drug-likeness (QED) is 0.813. The molecule has 0 aliphatic carbocycles. The molecule has 2 heterocycles. The van der Waals surface area contributed by atoms with Gasteiger partial charge in [-0.05, 0) is 12.5 Å². The first kappa shape index (κ1) is 14.7. The largest absolute Gasteiger partial charge is 0.468 e. The minimum atomic E-state index is -0.686. The van der Waals surface area contributed by atoms with Crippen LogP contribution in [0.4, 0.5) is 0 Å². The number of carbonyl (C=O) groups is 1. The number of carbonyl (C=O) groups excluding carboxylic acids is 1. The van der Waals surface area contributed by atoms with Gasteiger partial charge < -0.3 is 9.47 Å². The Bertz CT molecular complexity index is 696. The Morgan fingerprint density at radius 3 is 2.77 bits per heavy atom. The Labute approximate surface area is 132 Å². The standard InChI is InChI=1S/C16H16N2O3S/c1-10-8-17-15(22-10)14-13(18-11(2)21-14)16(19)20-9-12-6-4-3-5-7-12/h3-8,13-14H,9H2,1-2H3. The number of hydrogen-bond acceptors (Lipinski definition) is 6. The summed E-state index contributed by atoms with van der Waals surface area (Å²) in [7, 11) is 0. The highest BCUT2D eigenvalue weighted by atomic mass is 32.1. The van der Waals surface area contributed by atoms with Crippen molar-refractivity contribution < 1.29 is 14.3 Å². The smallest absolute Gasteiger partial charge is 0.335 e. The van der Waals surface area contributed by atoms with Gasteiger partial charge in [0.1, 0.15) is 11.6 Å². The van der Waals surface area contributed by atoms with E-state index in [1.165, 1.54) is 11.3 Å². The molecule has 0 amide bonds. The van der Waals surface area contributed by atoms with Crippen LogP contribution in [0.5, 0.6) is 0 Å². The number of benzene rings is 1. The minimum absolute atomic E-state index is 0.231. The van der Waals surface area contributed by atoms with Crippen molar-refractivity contribution in [3.05, 3.63) is 52.0 Å². The van der Waals surface area contributed by atoms with Gasteiger partial charge in [0.05, 0.1) is 0 Å². The monoisotopic (exact) mass is 316 g/mol. The van der Waals surface area contributed by atoms with Gasteiger partial charge in [-0.3, -0.25) is 0 Å². The molecule has 1 aliphatic heterocycles. The number of aliphatic imine (C=N–C) groups is 1. The molecule has 1 aromatic carbocycles. The summed E-state index contributed by atoms with van der Waals surface area (Å²) in [5.74, 6) is 0.0954. The molecule has 2 aromatic rings. The fourth-order valence-corrected chi connectivity index (χ4v) is 3.06. The van der Waals surface area contributed by atoms with Crippen LogP contribution in [0.15, 0.2) is 41.5 Å². The van der Waals surface area contributed by atoms with Crippen LogP contribution < -0.4 is 0 Å². The lowest BCUT2D eigenvalue weighted by Gasteiger charge is -2.14. The third-order valence-electron chi connectivity index (χ3n) is 3.25. The van der Waals surface area contributed by atoms with Crippen molar-refractivity contribution in [1.82, 2.24) is 4.98 Å². The zero-order valence-electron chi connectivity index (χ0n) is 12.4. The number of aryl methyl sites for hydroxylation is 1. The van der Waals surface area contributed by atoms with Gasteiger partial charge in [-0.2, -0.15) is 0 Å². The number of aromatic nitrogens is 1. The topological polar surface area (TPSA) is 60.8 Å². The first-order chi connectivity index (χ1) is 10.6. The highest BCUT2D eigenvalue weighted by Crippen LogP contribution is 2.32. The third kappa shape index (κ3) is 3.17. The normalized spacial score (nSPS) is 20.4. The lowest BCUT2D eigenvalue weighted by molar-refractivity contribution is -0.148. The second kappa shape index (κ2) is 6.27. The highest BCUT2D eigenvalue weighted by Gasteiger charge is 2.39. The summed E-state index contributed by atoms with van der Waals surface area (Å²) in [6.07, 6.45) is 1.28. The number of ether oxygens (including phenoxy) is 2. The number of nitrogens with zero attached hydrogens (tertiary/aromatic N) is 2. The summed E-state index contributed by atoms with van der Waals surface area (Å²) in [4.78, 5) is 21.9. The molecule has 0 bridgehead atoms. The summed E-state index contributed by atoms with van der Waals surface area (Å²) < 4.78 is 11.0. The minimum Gasteiger partial charge on any atom is -0.468 e. The molecule has 5 nitrogen and oxygen atoms in total. The van der Waals surface area contributed by atoms with Crippen LogP contribution in [0.2, 0.25) is 0 Å². The van der Waals surface area contributed by atoms with Crippen molar-refractivity contribution in [2.45, 2.75) is 32.6 Å². The van der Waals surface area contributed by atoms with E-state index in [1.54, 1.807) is 13.1 Å². The van der Waals surface area contributed by atoms with Gasteiger partial charge in [0.2, 0.25) is 0 Å². The average Bonchev–Trinajstić information content (AvgIpc) is 3.11. The van der Waals surface area contributed by atoms with E-state index >= 15 is 0 Å². The van der Waals surface area contributed by atoms with E-state index in [0.29, 0.717) is 5.90 Å². The Morgan fingerprint density at radius 1 is 1.32 bits per heavy atom. The highest BCUT2D eigenvalue weighted by molar-refractivity contribution is 7.11. The lowest BCUT2D eigenvalue weighted by atomic mass is 10.2. The van der Waals surface area contributed by atoms with Gasteiger partial charge >= 0.3 is 5.97 Å². The molecule has 0 radical (unpaired) electrons. The maximum atomic E-state index is 12.3. The third-order valence-corrected chi connectivity index (χ3v) is 4.23. The molecule has 0 spiro atoms. The van der Waals surface area contributed by atoms with Gasteiger partial charge in [-0.1, -0.05) is 30.3 Å². The summed E-state index contributed by atoms with van der Waals surface area (Å²) in [6, 6.07) is 8.87. The molecular formula is C16H16N2O3S. The van der Waals surface area contributed by atoms with Crippen LogP contribution in [0.25, 0.3) is 0 Å². The molecule has 1 aliphatic rings. The van der Waals surface area contributed by atoms with E-state index in [-0.39, 0.29) is 6.61 Å². The van der Waals surface area contributed by atoms with E-state index in [1.807, 2.05) is 37.3 Å². The molecule has 1 aromatic heterocycles. The zero-order valence-corrected chi connectivity index (χ0v) is 13.2. The van der Waals surface area contributed by atoms with E-state index < -0.39 is 18.1 Å². The van der Waals surface area contributed by atoms with Crippen LogP contribution in [-0.4, -0.2) is 22.9 Å². The first-order valence-corrected chi connectivity index (χ1v) is 7.79. The van der Waals surface area contributed by atoms with E-state index in [9.17, 15) is 4.79 Å². The van der Waals surface area contributed by atoms with Crippen molar-refractivity contribution in [3.63, 3.8) is 0 Å². The average molecular weight is 316 g/mol. The van der Waals surface area contributed by atoms with Gasteiger partial charge in [0.25, 0.3) is 0 Å². The van der Waals surface area contributed by atoms with Crippen molar-refractivity contribution in [3.8, 4) is 0 Å². The fourth-order valence-electron chi connectivity index (χ4n) is 2.22. The molecule has 0 N–H and O–H groups in total. The lowest BCUT2D eigenvalue weighted by Crippen LogP contribution is -2.26. The summed E-state index contributed by atoms with van der Waals surface area (Å²) in [5, 5.41) is 0.750. The number of thiazole rings is 1. The second-order valence-electron chi connectivity index (χ2n) is 5.03. The maximum absolute atomic E-state index is 12.3. The first-order valence-electron chi connectivity index (χ1n) is 6.97. The Kier molecular flexibility index (Phi) is 4.20. The Hall–Kier alpha value is -2.21. The predicted molar refractivity (Wildman–Crippen MR) is 83.8 cm³/mol. The molecule has 114 valence electrons. The second-order valence-corrected chi connectivity index (χ2v) is 6.30. The van der Waals surface area contributed by atoms with E-state index in [2.05, 4.69) is 9.98 Å². The van der Waals surface area contributed by atoms with Crippen molar-refractivity contribution in [2.24, 2.45) is 4.99 Å². The summed E-state index contributed by atoms with van der Waals surface area (Å²) in [6.45, 7) is 3.93. The predicted octanol–water partition coefficient (Wildman–Crippen LogP) is 3.05. The molecule has 0 saturated heterocycles. The molecule has 0 saturated carbocycles. The van der Waals surface area contributed by atoms with Crippen LogP contribution in [0, 0.1) is 6.92 Å². The Balaban J connectivity index is 1.69. The molecular weight excluding hydrogens is 300 g/mol. The van der Waals surface area contributed by atoms with Crippen LogP contribution in [0.3, 0.4) is 0 Å². The van der Waals surface area contributed by atoms with Gasteiger partial charge in [-0.15, -0.1) is 11.3 Å². The van der Waals surface area contributed by atoms with Crippen LogP contribution in [-0.2, 0) is 20.9 Å². The van der Waals surface area contributed by atoms with Gasteiger partial charge in [0, 0.05) is 18.0 Å². The van der Waals surface area contributed by atoms with Gasteiger partial charge in [-0.25, -0.2) is 14.8 Å². The van der Waals surface area contributed by atoms with Gasteiger partial charge in [0.15, 0.2) is 18.0 Å². The Morgan fingerprint density at radius 2 is 2.09 bits per heavy atom. The molecule has 0 fully saturated rings. The van der Waals surface area contributed by atoms with Crippen LogP contribution in [0.1, 0.15) is 28.5 Å². The number of esters is 1. The van der Waals surface area contributed by atoms with Crippen molar-refractivity contribution in [2.75, 3.05) is 0 Å². The molecule has 22 heavy (non-hydrogen) atoms. The van der Waals surface area contributed by atoms with Crippen molar-refractivity contribution in [1.29, 1.82) is 0 Å². The molecule has 2 atom stereocenters. The summed E-state index contributed by atoms with van der Waals surface area (Å²) >= 11 is 1.51. The zero-order chi connectivity index (χ0) is 15.5. The van der Waals surface area contributed by atoms with Crippen LogP contribution >= 0.6 is 11.3 Å². The molecule has 3 rings (SSSR count). The molecule has 6 heteroatoms. The number of hydrogen-bond donors (Lipinski definition) is 0. The SMILES string of the molecule is CC1=NC(C(=O)OCc2ccccc2)C(c2ncc(C)s2)O1. The molecule has 2 unspecified atom stereocenters. The van der Waals surface area contributed by atoms with Crippen molar-refractivity contribution >= 4 is 23.2 Å². The maximum Gasteiger partial charge on any atom is 0.335 e.